The molecule has 2 aromatic heterocycles. The van der Waals surface area contributed by atoms with Gasteiger partial charge in [-0.05, 0) is 10.4 Å². The van der Waals surface area contributed by atoms with Crippen LogP contribution in [0.4, 0.5) is 0 Å². The number of hydrogen-bond acceptors (Lipinski definition) is 8. The van der Waals surface area contributed by atoms with Gasteiger partial charge in [-0.25, -0.2) is 9.67 Å². The molecule has 0 saturated heterocycles. The molecule has 0 amide bonds. The molecule has 0 saturated carbocycles. The Balaban J connectivity index is 1.99. The third kappa shape index (κ3) is 4.24. The highest BCUT2D eigenvalue weighted by molar-refractivity contribution is 7.98. The second-order valence-electron chi connectivity index (χ2n) is 5.36. The summed E-state index contributed by atoms with van der Waals surface area (Å²) < 4.78 is 6.03. The van der Waals surface area contributed by atoms with Gasteiger partial charge in [0.1, 0.15) is 11.6 Å². The van der Waals surface area contributed by atoms with Gasteiger partial charge in [0.05, 0.1) is 18.6 Å². The van der Waals surface area contributed by atoms with Crippen LogP contribution in [0.15, 0.2) is 10.5 Å². The van der Waals surface area contributed by atoms with Crippen LogP contribution in [0.1, 0.15) is 31.5 Å². The molecule has 114 valence electrons. The average molecular weight is 327 g/mol. The van der Waals surface area contributed by atoms with Crippen LogP contribution in [-0.4, -0.2) is 38.3 Å². The molecule has 0 aromatic carbocycles. The molecule has 0 aliphatic heterocycles. The van der Waals surface area contributed by atoms with Crippen LogP contribution in [0, 0.1) is 0 Å². The van der Waals surface area contributed by atoms with Crippen molar-refractivity contribution in [1.82, 2.24) is 25.2 Å². The molecule has 21 heavy (non-hydrogen) atoms. The Morgan fingerprint density at radius 1 is 1.48 bits per heavy atom. The van der Waals surface area contributed by atoms with Crippen LogP contribution in [0.3, 0.4) is 0 Å². The molecule has 0 atom stereocenters. The summed E-state index contributed by atoms with van der Waals surface area (Å²) in [6.45, 7) is 6.42. The zero-order chi connectivity index (χ0) is 15.5. The highest BCUT2D eigenvalue weighted by Gasteiger charge is 2.18. The molecule has 9 heteroatoms. The first-order valence-electron chi connectivity index (χ1n) is 6.31. The number of thioether (sulfide) groups is 1. The molecule has 0 radical (unpaired) electrons. The number of methoxy groups -OCH3 is 1. The lowest BCUT2D eigenvalue weighted by molar-refractivity contribution is -0.141. The Hall–Kier alpha value is -1.48. The lowest BCUT2D eigenvalue weighted by Gasteiger charge is -2.14. The van der Waals surface area contributed by atoms with Gasteiger partial charge in [-0.15, -0.1) is 16.4 Å². The molecule has 0 fully saturated rings. The van der Waals surface area contributed by atoms with Crippen molar-refractivity contribution in [1.29, 1.82) is 0 Å². The van der Waals surface area contributed by atoms with Gasteiger partial charge in [0.15, 0.2) is 0 Å². The highest BCUT2D eigenvalue weighted by atomic mass is 32.2. The number of ether oxygens (including phenoxy) is 1. The van der Waals surface area contributed by atoms with E-state index < -0.39 is 0 Å². The molecular formula is C12H17N5O2S2. The van der Waals surface area contributed by atoms with Crippen LogP contribution in [0.25, 0.3) is 0 Å². The molecule has 0 spiro atoms. The van der Waals surface area contributed by atoms with Gasteiger partial charge in [-0.2, -0.15) is 0 Å². The summed E-state index contributed by atoms with van der Waals surface area (Å²) in [4.78, 5) is 15.9. The minimum atomic E-state index is -0.381. The number of carbonyl (C=O) groups excluding carboxylic acids is 1. The first kappa shape index (κ1) is 15.9. The van der Waals surface area contributed by atoms with Gasteiger partial charge in [0.25, 0.3) is 0 Å². The van der Waals surface area contributed by atoms with Crippen molar-refractivity contribution in [2.75, 3.05) is 7.11 Å². The van der Waals surface area contributed by atoms with E-state index in [1.807, 2.05) is 0 Å². The van der Waals surface area contributed by atoms with E-state index in [1.54, 1.807) is 11.3 Å². The van der Waals surface area contributed by atoms with Crippen LogP contribution in [0.2, 0.25) is 0 Å². The number of nitrogens with zero attached hydrogens (tertiary/aromatic N) is 5. The Labute approximate surface area is 131 Å². The van der Waals surface area contributed by atoms with Gasteiger partial charge in [-0.1, -0.05) is 32.5 Å². The Kier molecular flexibility index (Phi) is 4.94. The molecule has 0 unspecified atom stereocenters. The molecule has 7 nitrogen and oxygen atoms in total. The summed E-state index contributed by atoms with van der Waals surface area (Å²) in [5.41, 5.74) is 1.13. The van der Waals surface area contributed by atoms with Crippen molar-refractivity contribution < 1.29 is 9.53 Å². The quantitative estimate of drug-likeness (QED) is 0.612. The first-order chi connectivity index (χ1) is 9.90. The second-order valence-corrected chi connectivity index (χ2v) is 7.25. The lowest BCUT2D eigenvalue weighted by atomic mass is 9.93. The summed E-state index contributed by atoms with van der Waals surface area (Å²) in [5, 5.41) is 14.9. The van der Waals surface area contributed by atoms with Gasteiger partial charge in [-0.3, -0.25) is 4.79 Å². The monoisotopic (exact) mass is 327 g/mol. The number of tetrazole rings is 1. The van der Waals surface area contributed by atoms with Crippen molar-refractivity contribution in [2.45, 2.75) is 43.6 Å². The molecular weight excluding hydrogens is 310 g/mol. The summed E-state index contributed by atoms with van der Waals surface area (Å²) in [6, 6.07) is 0. The minimum absolute atomic E-state index is 0.0109. The zero-order valence-corrected chi connectivity index (χ0v) is 14.0. The largest absolute Gasteiger partial charge is 0.468 e. The maximum absolute atomic E-state index is 11.3. The molecule has 0 aliphatic carbocycles. The van der Waals surface area contributed by atoms with Gasteiger partial charge < -0.3 is 4.74 Å². The zero-order valence-electron chi connectivity index (χ0n) is 12.4. The third-order valence-corrected chi connectivity index (χ3v) is 4.65. The van der Waals surface area contributed by atoms with E-state index in [-0.39, 0.29) is 17.9 Å². The van der Waals surface area contributed by atoms with Gasteiger partial charge in [0, 0.05) is 10.8 Å². The van der Waals surface area contributed by atoms with E-state index in [2.05, 4.69) is 51.4 Å². The van der Waals surface area contributed by atoms with E-state index in [1.165, 1.54) is 23.6 Å². The number of esters is 1. The molecule has 2 heterocycles. The Morgan fingerprint density at radius 3 is 2.86 bits per heavy atom. The fourth-order valence-corrected chi connectivity index (χ4v) is 3.35. The summed E-state index contributed by atoms with van der Waals surface area (Å²) in [5.74, 6) is 0.288. The summed E-state index contributed by atoms with van der Waals surface area (Å²) in [6.07, 6.45) is 0. The van der Waals surface area contributed by atoms with Gasteiger partial charge >= 0.3 is 5.97 Å². The minimum Gasteiger partial charge on any atom is -0.468 e. The lowest BCUT2D eigenvalue weighted by Crippen LogP contribution is -2.13. The van der Waals surface area contributed by atoms with Crippen molar-refractivity contribution in [2.24, 2.45) is 0 Å². The smallest absolute Gasteiger partial charge is 0.327 e. The van der Waals surface area contributed by atoms with Crippen molar-refractivity contribution in [3.05, 3.63) is 16.1 Å². The number of hydrogen-bond donors (Lipinski definition) is 0. The normalized spacial score (nSPS) is 11.6. The highest BCUT2D eigenvalue weighted by Crippen LogP contribution is 2.27. The Bertz CT molecular complexity index is 617. The van der Waals surface area contributed by atoms with E-state index in [0.29, 0.717) is 10.9 Å². The number of carbonyl (C=O) groups is 1. The van der Waals surface area contributed by atoms with Crippen LogP contribution in [-0.2, 0) is 27.2 Å². The first-order valence-corrected chi connectivity index (χ1v) is 8.17. The predicted molar refractivity (Wildman–Crippen MR) is 80.2 cm³/mol. The maximum Gasteiger partial charge on any atom is 0.327 e. The molecule has 0 N–H and O–H groups in total. The number of aromatic nitrogens is 5. The fourth-order valence-electron chi connectivity index (χ4n) is 1.43. The molecule has 0 bridgehead atoms. The van der Waals surface area contributed by atoms with E-state index in [0.717, 1.165) is 10.7 Å². The van der Waals surface area contributed by atoms with Crippen molar-refractivity contribution >= 4 is 29.1 Å². The van der Waals surface area contributed by atoms with E-state index in [4.69, 9.17) is 0 Å². The number of thiazole rings is 1. The van der Waals surface area contributed by atoms with Crippen molar-refractivity contribution in [3.63, 3.8) is 0 Å². The second kappa shape index (κ2) is 6.52. The SMILES string of the molecule is COC(=O)Cn1nnnc1SCc1nc(C(C)(C)C)cs1. The summed E-state index contributed by atoms with van der Waals surface area (Å²) >= 11 is 3.07. The molecule has 2 rings (SSSR count). The van der Waals surface area contributed by atoms with Crippen LogP contribution >= 0.6 is 23.1 Å². The van der Waals surface area contributed by atoms with Gasteiger partial charge in [0.2, 0.25) is 5.16 Å². The maximum atomic E-state index is 11.3. The average Bonchev–Trinajstić information content (AvgIpc) is 3.04. The predicted octanol–water partition coefficient (Wildman–Crippen LogP) is 1.89. The molecule has 0 aliphatic rings. The van der Waals surface area contributed by atoms with E-state index in [9.17, 15) is 4.79 Å². The fraction of sp³-hybridized carbons (Fsp3) is 0.583. The third-order valence-electron chi connectivity index (χ3n) is 2.65. The number of rotatable bonds is 5. The van der Waals surface area contributed by atoms with Crippen LogP contribution in [0.5, 0.6) is 0 Å². The van der Waals surface area contributed by atoms with E-state index >= 15 is 0 Å². The molecule has 2 aromatic rings. The van der Waals surface area contributed by atoms with Crippen molar-refractivity contribution in [3.8, 4) is 0 Å². The van der Waals surface area contributed by atoms with Crippen LogP contribution < -0.4 is 0 Å². The Morgan fingerprint density at radius 2 is 2.24 bits per heavy atom. The topological polar surface area (TPSA) is 82.8 Å². The standard InChI is InChI=1S/C12H17N5O2S2/c1-12(2,3)8-6-20-9(13-8)7-21-11-14-15-16-17(11)5-10(18)19-4/h6H,5,7H2,1-4H3. The summed E-state index contributed by atoms with van der Waals surface area (Å²) in [7, 11) is 1.34.